The number of nitrogens with one attached hydrogen (secondary N) is 1. The van der Waals surface area contributed by atoms with Gasteiger partial charge >= 0.3 is 0 Å². The van der Waals surface area contributed by atoms with Gasteiger partial charge in [0.2, 0.25) is 11.8 Å². The van der Waals surface area contributed by atoms with Crippen molar-refractivity contribution in [2.75, 3.05) is 5.75 Å². The lowest BCUT2D eigenvalue weighted by Crippen LogP contribution is -2.52. The molecule has 1 aliphatic carbocycles. The number of halogens is 1. The summed E-state index contributed by atoms with van der Waals surface area (Å²) in [6, 6.07) is 27.4. The average molecular weight is 535 g/mol. The Morgan fingerprint density at radius 1 is 0.892 bits per heavy atom. The lowest BCUT2D eigenvalue weighted by molar-refractivity contribution is -0.141. The van der Waals surface area contributed by atoms with Crippen LogP contribution in [0.1, 0.15) is 48.8 Å². The van der Waals surface area contributed by atoms with Crippen LogP contribution in [-0.4, -0.2) is 34.6 Å². The number of hydrogen-bond acceptors (Lipinski definition) is 3. The van der Waals surface area contributed by atoms with E-state index in [1.165, 1.54) is 5.56 Å². The molecule has 3 aromatic carbocycles. The first-order valence-corrected chi connectivity index (χ1v) is 14.6. The second-order valence-corrected chi connectivity index (χ2v) is 11.1. The maximum Gasteiger partial charge on any atom is 0.243 e. The Kier molecular flexibility index (Phi) is 10.5. The summed E-state index contributed by atoms with van der Waals surface area (Å²) in [5, 5.41) is 3.86. The van der Waals surface area contributed by atoms with Gasteiger partial charge in [-0.05, 0) is 35.6 Å². The third kappa shape index (κ3) is 8.37. The Bertz CT molecular complexity index is 1140. The number of nitrogens with zero attached hydrogens (tertiary/aromatic N) is 1. The summed E-state index contributed by atoms with van der Waals surface area (Å²) in [6.45, 7) is 0.303. The van der Waals surface area contributed by atoms with Crippen molar-refractivity contribution in [3.63, 3.8) is 0 Å². The molecule has 0 saturated heterocycles. The molecule has 2 amide bonds. The minimum atomic E-state index is -0.606. The highest BCUT2D eigenvalue weighted by molar-refractivity contribution is 7.98. The van der Waals surface area contributed by atoms with Crippen molar-refractivity contribution in [1.82, 2.24) is 10.2 Å². The summed E-state index contributed by atoms with van der Waals surface area (Å²) >= 11 is 8.24. The Morgan fingerprint density at radius 2 is 1.51 bits per heavy atom. The molecule has 194 valence electrons. The van der Waals surface area contributed by atoms with E-state index in [0.717, 1.165) is 42.6 Å². The fourth-order valence-corrected chi connectivity index (χ4v) is 5.89. The van der Waals surface area contributed by atoms with Crippen LogP contribution in [0, 0.1) is 0 Å². The van der Waals surface area contributed by atoms with Gasteiger partial charge in [-0.25, -0.2) is 0 Å². The fourth-order valence-electron chi connectivity index (χ4n) is 4.80. The van der Waals surface area contributed by atoms with E-state index in [2.05, 4.69) is 17.4 Å². The molecule has 4 rings (SSSR count). The highest BCUT2D eigenvalue weighted by atomic mass is 35.5. The summed E-state index contributed by atoms with van der Waals surface area (Å²) < 4.78 is 0. The Labute approximate surface area is 229 Å². The molecule has 1 fully saturated rings. The van der Waals surface area contributed by atoms with Crippen molar-refractivity contribution in [3.8, 4) is 0 Å². The smallest absolute Gasteiger partial charge is 0.243 e. The molecule has 0 heterocycles. The molecule has 0 radical (unpaired) electrons. The normalized spacial score (nSPS) is 14.3. The zero-order chi connectivity index (χ0) is 25.9. The van der Waals surface area contributed by atoms with Crippen molar-refractivity contribution in [2.45, 2.75) is 62.9 Å². The van der Waals surface area contributed by atoms with Crippen LogP contribution in [0.15, 0.2) is 84.9 Å². The fraction of sp³-hybridized carbons (Fsp3) is 0.355. The number of carbonyl (C=O) groups excluding carboxylic acids is 2. The van der Waals surface area contributed by atoms with Crippen LogP contribution < -0.4 is 5.32 Å². The largest absolute Gasteiger partial charge is 0.352 e. The van der Waals surface area contributed by atoms with Crippen LogP contribution in [0.2, 0.25) is 5.02 Å². The van der Waals surface area contributed by atoms with Gasteiger partial charge in [-0.15, -0.1) is 0 Å². The van der Waals surface area contributed by atoms with E-state index in [1.807, 2.05) is 72.8 Å². The molecule has 3 aromatic rings. The second kappa shape index (κ2) is 14.3. The van der Waals surface area contributed by atoms with E-state index in [9.17, 15) is 9.59 Å². The Morgan fingerprint density at radius 3 is 2.19 bits per heavy atom. The molecule has 0 aromatic heterocycles. The van der Waals surface area contributed by atoms with Gasteiger partial charge < -0.3 is 10.2 Å². The van der Waals surface area contributed by atoms with E-state index in [1.54, 1.807) is 16.7 Å². The Balaban J connectivity index is 1.53. The molecule has 6 heteroatoms. The molecule has 0 aliphatic heterocycles. The summed E-state index contributed by atoms with van der Waals surface area (Å²) in [4.78, 5) is 29.2. The van der Waals surface area contributed by atoms with Gasteiger partial charge in [-0.2, -0.15) is 11.8 Å². The molecular formula is C31H35ClN2O2S. The van der Waals surface area contributed by atoms with Crippen LogP contribution in [0.3, 0.4) is 0 Å². The first-order chi connectivity index (χ1) is 18.1. The van der Waals surface area contributed by atoms with E-state index in [-0.39, 0.29) is 17.9 Å². The van der Waals surface area contributed by atoms with Gasteiger partial charge in [0.05, 0.1) is 0 Å². The van der Waals surface area contributed by atoms with Crippen molar-refractivity contribution < 1.29 is 9.59 Å². The molecule has 1 N–H and O–H groups in total. The van der Waals surface area contributed by atoms with E-state index in [0.29, 0.717) is 30.2 Å². The minimum Gasteiger partial charge on any atom is -0.352 e. The lowest BCUT2D eigenvalue weighted by Gasteiger charge is -2.32. The zero-order valence-corrected chi connectivity index (χ0v) is 22.7. The summed E-state index contributed by atoms with van der Waals surface area (Å²) in [7, 11) is 0. The van der Waals surface area contributed by atoms with Gasteiger partial charge in [-0.3, -0.25) is 9.59 Å². The van der Waals surface area contributed by atoms with Crippen molar-refractivity contribution in [3.05, 3.63) is 107 Å². The van der Waals surface area contributed by atoms with Gasteiger partial charge in [0.25, 0.3) is 0 Å². The summed E-state index contributed by atoms with van der Waals surface area (Å²) in [6.07, 6.45) is 5.10. The third-order valence-electron chi connectivity index (χ3n) is 6.84. The number of carbonyl (C=O) groups is 2. The van der Waals surface area contributed by atoms with E-state index in [4.69, 9.17) is 11.6 Å². The molecule has 0 unspecified atom stereocenters. The first-order valence-electron chi connectivity index (χ1n) is 13.1. The van der Waals surface area contributed by atoms with Crippen LogP contribution in [0.4, 0.5) is 0 Å². The molecule has 1 atom stereocenters. The number of thioether (sulfide) groups is 1. The molecular weight excluding hydrogens is 500 g/mol. The van der Waals surface area contributed by atoms with E-state index < -0.39 is 6.04 Å². The zero-order valence-electron chi connectivity index (χ0n) is 21.2. The molecule has 1 aliphatic rings. The lowest BCUT2D eigenvalue weighted by atomic mass is 10.0. The molecule has 1 saturated carbocycles. The maximum absolute atomic E-state index is 13.7. The van der Waals surface area contributed by atoms with Crippen molar-refractivity contribution in [2.24, 2.45) is 0 Å². The number of rotatable bonds is 12. The van der Waals surface area contributed by atoms with Crippen LogP contribution in [0.5, 0.6) is 0 Å². The maximum atomic E-state index is 13.7. The minimum absolute atomic E-state index is 0.0250. The Hall–Kier alpha value is -2.76. The monoisotopic (exact) mass is 534 g/mol. The quantitative estimate of drug-likeness (QED) is 0.264. The van der Waals surface area contributed by atoms with Gasteiger partial charge in [-0.1, -0.05) is 103 Å². The van der Waals surface area contributed by atoms with Crippen molar-refractivity contribution in [1.29, 1.82) is 0 Å². The number of amides is 2. The number of hydrogen-bond donors (Lipinski definition) is 1. The molecule has 0 spiro atoms. The van der Waals surface area contributed by atoms with Gasteiger partial charge in [0, 0.05) is 42.0 Å². The summed E-state index contributed by atoms with van der Waals surface area (Å²) in [5.41, 5.74) is 3.12. The van der Waals surface area contributed by atoms with Gasteiger partial charge in [0.15, 0.2) is 0 Å². The third-order valence-corrected chi connectivity index (χ3v) is 8.24. The standard InChI is InChI=1S/C31H35ClN2O2S/c32-28-18-10-7-15-26(28)22-34(30(35)19-20-37-23-25-13-5-2-6-14-25)29(21-24-11-3-1-4-12-24)31(36)33-27-16-8-9-17-27/h1-7,10-15,18,27,29H,8-9,16-17,19-23H2,(H,33,36)/t29-/m0/s1. The average Bonchev–Trinajstić information content (AvgIpc) is 3.43. The van der Waals surface area contributed by atoms with Crippen molar-refractivity contribution >= 4 is 35.2 Å². The van der Waals surface area contributed by atoms with Crippen LogP contribution in [0.25, 0.3) is 0 Å². The van der Waals surface area contributed by atoms with Gasteiger partial charge in [0.1, 0.15) is 6.04 Å². The SMILES string of the molecule is O=C(NC1CCCC1)[C@H](Cc1ccccc1)N(Cc1ccccc1Cl)C(=O)CCSCc1ccccc1. The molecule has 37 heavy (non-hydrogen) atoms. The highest BCUT2D eigenvalue weighted by Gasteiger charge is 2.32. The predicted molar refractivity (Wildman–Crippen MR) is 154 cm³/mol. The van der Waals surface area contributed by atoms with Crippen LogP contribution >= 0.6 is 23.4 Å². The van der Waals surface area contributed by atoms with Crippen LogP contribution in [-0.2, 0) is 28.3 Å². The summed E-state index contributed by atoms with van der Waals surface area (Å²) in [5.74, 6) is 1.44. The number of benzene rings is 3. The predicted octanol–water partition coefficient (Wildman–Crippen LogP) is 6.66. The molecule has 0 bridgehead atoms. The highest BCUT2D eigenvalue weighted by Crippen LogP contribution is 2.23. The topological polar surface area (TPSA) is 49.4 Å². The van der Waals surface area contributed by atoms with E-state index >= 15 is 0 Å². The second-order valence-electron chi connectivity index (χ2n) is 9.60. The molecule has 4 nitrogen and oxygen atoms in total. The first kappa shape index (κ1) is 27.3.